The minimum Gasteiger partial charge on any atom is -0.298 e. The van der Waals surface area contributed by atoms with Crippen molar-refractivity contribution < 1.29 is 0 Å². The van der Waals surface area contributed by atoms with Gasteiger partial charge in [0.2, 0.25) is 0 Å². The lowest BCUT2D eigenvalue weighted by atomic mass is 10.1. The molecule has 0 saturated carbocycles. The van der Waals surface area contributed by atoms with E-state index < -0.39 is 0 Å². The van der Waals surface area contributed by atoms with Crippen molar-refractivity contribution in [2.45, 2.75) is 53.1 Å². The molecule has 2 heterocycles. The van der Waals surface area contributed by atoms with Crippen LogP contribution in [0.2, 0.25) is 0 Å². The van der Waals surface area contributed by atoms with E-state index in [1.807, 2.05) is 0 Å². The Hall–Kier alpha value is -0.830. The number of rotatable bonds is 3. The first-order valence-corrected chi connectivity index (χ1v) is 6.76. The van der Waals surface area contributed by atoms with Gasteiger partial charge in [-0.25, -0.2) is 0 Å². The van der Waals surface area contributed by atoms with Crippen LogP contribution < -0.4 is 0 Å². The quantitative estimate of drug-likeness (QED) is 0.803. The molecule has 0 aromatic carbocycles. The zero-order chi connectivity index (χ0) is 12.6. The molecule has 0 amide bonds. The van der Waals surface area contributed by atoms with E-state index in [0.717, 1.165) is 18.2 Å². The molecule has 2 atom stereocenters. The Morgan fingerprint density at radius 1 is 1.29 bits per heavy atom. The summed E-state index contributed by atoms with van der Waals surface area (Å²) in [6.45, 7) is 13.6. The third-order valence-corrected chi connectivity index (χ3v) is 4.13. The zero-order valence-corrected chi connectivity index (χ0v) is 11.8. The molecule has 0 bridgehead atoms. The molecule has 2 rings (SSSR count). The number of hydrogen-bond acceptors (Lipinski definition) is 2. The summed E-state index contributed by atoms with van der Waals surface area (Å²) in [5, 5.41) is 4.62. The highest BCUT2D eigenvalue weighted by Crippen LogP contribution is 2.26. The van der Waals surface area contributed by atoms with E-state index in [0.29, 0.717) is 12.1 Å². The molecule has 0 aliphatic carbocycles. The Morgan fingerprint density at radius 3 is 2.53 bits per heavy atom. The van der Waals surface area contributed by atoms with Crippen LogP contribution in [0.1, 0.15) is 44.6 Å². The average Bonchev–Trinajstić information content (AvgIpc) is 2.83. The summed E-state index contributed by atoms with van der Waals surface area (Å²) in [5.74, 6) is 0.731. The molecule has 1 aliphatic rings. The second-order valence-electron chi connectivity index (χ2n) is 5.79. The molecule has 96 valence electrons. The smallest absolute Gasteiger partial charge is 0.0661 e. The normalized spacial score (nSPS) is 23.5. The maximum atomic E-state index is 4.62. The van der Waals surface area contributed by atoms with Crippen molar-refractivity contribution in [1.29, 1.82) is 0 Å². The van der Waals surface area contributed by atoms with Crippen LogP contribution in [0, 0.1) is 19.8 Å². The van der Waals surface area contributed by atoms with Gasteiger partial charge in [0.1, 0.15) is 0 Å². The summed E-state index contributed by atoms with van der Waals surface area (Å²) in [4.78, 5) is 2.60. The van der Waals surface area contributed by atoms with Crippen LogP contribution in [-0.4, -0.2) is 33.8 Å². The van der Waals surface area contributed by atoms with E-state index >= 15 is 0 Å². The maximum absolute atomic E-state index is 4.62. The number of likely N-dealkylation sites (tertiary alicyclic amines) is 1. The summed E-state index contributed by atoms with van der Waals surface area (Å²) in [6.07, 6.45) is 1.24. The van der Waals surface area contributed by atoms with Crippen molar-refractivity contribution in [2.75, 3.05) is 13.1 Å². The predicted molar refractivity (Wildman–Crippen MR) is 71.2 cm³/mol. The monoisotopic (exact) mass is 235 g/mol. The van der Waals surface area contributed by atoms with Crippen LogP contribution in [0.4, 0.5) is 0 Å². The third kappa shape index (κ3) is 2.54. The summed E-state index contributed by atoms with van der Waals surface area (Å²) in [7, 11) is 0. The van der Waals surface area contributed by atoms with Gasteiger partial charge in [0.15, 0.2) is 0 Å². The van der Waals surface area contributed by atoms with Crippen LogP contribution >= 0.6 is 0 Å². The Labute approximate surface area is 105 Å². The molecule has 0 spiro atoms. The fraction of sp³-hybridized carbons (Fsp3) is 0.786. The van der Waals surface area contributed by atoms with Crippen molar-refractivity contribution in [3.8, 4) is 0 Å². The molecule has 1 aromatic heterocycles. The molecule has 1 saturated heterocycles. The molecular formula is C14H25N3. The Morgan fingerprint density at radius 2 is 2.00 bits per heavy atom. The summed E-state index contributed by atoms with van der Waals surface area (Å²) in [5.41, 5.74) is 2.43. The molecular weight excluding hydrogens is 210 g/mol. The first-order valence-electron chi connectivity index (χ1n) is 6.76. The van der Waals surface area contributed by atoms with E-state index in [9.17, 15) is 0 Å². The van der Waals surface area contributed by atoms with Gasteiger partial charge in [0.05, 0.1) is 11.7 Å². The van der Waals surface area contributed by atoms with Gasteiger partial charge in [-0.1, -0.05) is 13.8 Å². The Bertz CT molecular complexity index is 381. The molecule has 0 radical (unpaired) electrons. The van der Waals surface area contributed by atoms with Crippen LogP contribution in [0.3, 0.4) is 0 Å². The lowest BCUT2D eigenvalue weighted by Crippen LogP contribution is -2.35. The van der Waals surface area contributed by atoms with Gasteiger partial charge < -0.3 is 0 Å². The van der Waals surface area contributed by atoms with Crippen LogP contribution in [0.25, 0.3) is 0 Å². The number of nitrogens with zero attached hydrogens (tertiary/aromatic N) is 3. The fourth-order valence-electron chi connectivity index (χ4n) is 2.78. The van der Waals surface area contributed by atoms with Crippen molar-refractivity contribution in [2.24, 2.45) is 5.92 Å². The van der Waals surface area contributed by atoms with Gasteiger partial charge in [-0.3, -0.25) is 9.58 Å². The van der Waals surface area contributed by atoms with E-state index in [4.69, 9.17) is 0 Å². The summed E-state index contributed by atoms with van der Waals surface area (Å²) in [6, 6.07) is 3.43. The van der Waals surface area contributed by atoms with Crippen molar-refractivity contribution in [1.82, 2.24) is 14.7 Å². The van der Waals surface area contributed by atoms with Gasteiger partial charge >= 0.3 is 0 Å². The number of aryl methyl sites for hydroxylation is 2. The van der Waals surface area contributed by atoms with Gasteiger partial charge in [-0.05, 0) is 39.2 Å². The largest absolute Gasteiger partial charge is 0.298 e. The minimum absolute atomic E-state index is 0.574. The first kappa shape index (κ1) is 12.6. The lowest BCUT2D eigenvalue weighted by molar-refractivity contribution is 0.199. The molecule has 3 nitrogen and oxygen atoms in total. The van der Waals surface area contributed by atoms with E-state index in [1.165, 1.54) is 18.7 Å². The highest BCUT2D eigenvalue weighted by Gasteiger charge is 2.29. The zero-order valence-electron chi connectivity index (χ0n) is 11.8. The topological polar surface area (TPSA) is 21.1 Å². The van der Waals surface area contributed by atoms with Crippen LogP contribution in [0.15, 0.2) is 6.07 Å². The van der Waals surface area contributed by atoms with E-state index in [1.54, 1.807) is 0 Å². The van der Waals surface area contributed by atoms with E-state index in [2.05, 4.69) is 55.4 Å². The first-order chi connectivity index (χ1) is 7.99. The second kappa shape index (κ2) is 4.81. The highest BCUT2D eigenvalue weighted by molar-refractivity contribution is 5.08. The van der Waals surface area contributed by atoms with Crippen molar-refractivity contribution in [3.05, 3.63) is 17.5 Å². The second-order valence-corrected chi connectivity index (χ2v) is 5.79. The molecule has 0 N–H and O–H groups in total. The molecule has 3 heteroatoms. The van der Waals surface area contributed by atoms with Crippen molar-refractivity contribution in [3.63, 3.8) is 0 Å². The molecule has 1 aliphatic heterocycles. The van der Waals surface area contributed by atoms with Gasteiger partial charge in [0.25, 0.3) is 0 Å². The average molecular weight is 235 g/mol. The van der Waals surface area contributed by atoms with Gasteiger partial charge in [-0.2, -0.15) is 5.10 Å². The summed E-state index contributed by atoms with van der Waals surface area (Å²) < 4.78 is 2.22. The Balaban J connectivity index is 2.05. The van der Waals surface area contributed by atoms with Crippen LogP contribution in [-0.2, 0) is 0 Å². The standard InChI is InChI=1S/C14H25N3/c1-10(2)13(5)16-7-6-14(9-16)17-12(4)8-11(3)15-17/h8,10,13-14H,6-7,9H2,1-5H3. The third-order valence-electron chi connectivity index (χ3n) is 4.13. The maximum Gasteiger partial charge on any atom is 0.0661 e. The number of aromatic nitrogens is 2. The highest BCUT2D eigenvalue weighted by atomic mass is 15.3. The Kier molecular flexibility index (Phi) is 3.57. The SMILES string of the molecule is Cc1cc(C)n(C2CCN(C(C)C(C)C)C2)n1. The fourth-order valence-corrected chi connectivity index (χ4v) is 2.78. The minimum atomic E-state index is 0.574. The molecule has 1 fully saturated rings. The predicted octanol–water partition coefficient (Wildman–Crippen LogP) is 2.79. The van der Waals surface area contributed by atoms with Crippen molar-refractivity contribution >= 4 is 0 Å². The lowest BCUT2D eigenvalue weighted by Gasteiger charge is -2.27. The molecule has 2 unspecified atom stereocenters. The van der Waals surface area contributed by atoms with E-state index in [-0.39, 0.29) is 0 Å². The molecule has 17 heavy (non-hydrogen) atoms. The van der Waals surface area contributed by atoms with Gasteiger partial charge in [-0.15, -0.1) is 0 Å². The van der Waals surface area contributed by atoms with Crippen LogP contribution in [0.5, 0.6) is 0 Å². The van der Waals surface area contributed by atoms with Gasteiger partial charge in [0, 0.05) is 24.8 Å². The summed E-state index contributed by atoms with van der Waals surface area (Å²) >= 11 is 0. The number of hydrogen-bond donors (Lipinski definition) is 0. The molecule has 1 aromatic rings.